The molecule has 1 saturated heterocycles. The Morgan fingerprint density at radius 3 is 3.12 bits per heavy atom. The summed E-state index contributed by atoms with van der Waals surface area (Å²) in [5.74, 6) is 0. The lowest BCUT2D eigenvalue weighted by atomic mass is 10.1. The van der Waals surface area contributed by atoms with Crippen LogP contribution in [-0.4, -0.2) is 25.3 Å². The van der Waals surface area contributed by atoms with E-state index in [-0.39, 0.29) is 0 Å². The molecule has 0 aliphatic carbocycles. The fourth-order valence-electron chi connectivity index (χ4n) is 0.726. The first-order chi connectivity index (χ1) is 4.96. The first kappa shape index (κ1) is 3.18. The molecule has 1 aliphatic heterocycles. The minimum Gasteiger partial charge on any atom is -0.373 e. The maximum Gasteiger partial charge on any atom is 0.0750 e. The molecule has 1 N–H and O–H groups in total. The number of hydrogen-bond acceptors (Lipinski definition) is 2. The van der Waals surface area contributed by atoms with Gasteiger partial charge in [0.15, 0.2) is 0 Å². The average Bonchev–Trinajstić information content (AvgIpc) is 1.87. The van der Waals surface area contributed by atoms with Crippen molar-refractivity contribution in [3.63, 3.8) is 0 Å². The topological polar surface area (TPSA) is 21.3 Å². The molecule has 0 amide bonds. The molecule has 1 fully saturated rings. The highest BCUT2D eigenvalue weighted by molar-refractivity contribution is 4.75. The molecule has 1 heterocycles. The average molecular weight is 118 g/mol. The molecule has 0 aromatic heterocycles. The fraction of sp³-hybridized carbons (Fsp3) is 1.00. The summed E-state index contributed by atoms with van der Waals surface area (Å²) in [6, 6.07) is 0. The van der Waals surface area contributed by atoms with Gasteiger partial charge in [-0.3, -0.25) is 0 Å². The Morgan fingerprint density at radius 1 is 1.88 bits per heavy atom. The van der Waals surface area contributed by atoms with Crippen molar-refractivity contribution >= 4 is 0 Å². The van der Waals surface area contributed by atoms with Crippen LogP contribution in [0.1, 0.15) is 17.9 Å². The molecule has 1 aliphatic rings. The summed E-state index contributed by atoms with van der Waals surface area (Å²) >= 11 is 0. The van der Waals surface area contributed by atoms with Crippen LogP contribution in [0.15, 0.2) is 0 Å². The highest BCUT2D eigenvalue weighted by Gasteiger charge is 2.20. The SMILES string of the molecule is [2H]C([2H])([2H])C1(C)CNCCO1. The molecule has 0 bridgehead atoms. The van der Waals surface area contributed by atoms with Crippen LogP contribution < -0.4 is 5.32 Å². The van der Waals surface area contributed by atoms with Crippen molar-refractivity contribution in [3.8, 4) is 0 Å². The van der Waals surface area contributed by atoms with E-state index in [0.717, 1.165) is 6.54 Å². The number of rotatable bonds is 0. The van der Waals surface area contributed by atoms with Gasteiger partial charge in [0.25, 0.3) is 0 Å². The van der Waals surface area contributed by atoms with Gasteiger partial charge in [0, 0.05) is 17.2 Å². The van der Waals surface area contributed by atoms with Gasteiger partial charge >= 0.3 is 0 Å². The van der Waals surface area contributed by atoms with Crippen molar-refractivity contribution in [3.05, 3.63) is 0 Å². The second kappa shape index (κ2) is 2.03. The molecule has 0 aromatic carbocycles. The summed E-state index contributed by atoms with van der Waals surface area (Å²) < 4.78 is 26.8. The van der Waals surface area contributed by atoms with E-state index < -0.39 is 12.5 Å². The van der Waals surface area contributed by atoms with E-state index in [4.69, 9.17) is 8.85 Å². The van der Waals surface area contributed by atoms with E-state index in [2.05, 4.69) is 5.32 Å². The lowest BCUT2D eigenvalue weighted by Crippen LogP contribution is -2.45. The molecule has 1 rings (SSSR count). The van der Waals surface area contributed by atoms with Gasteiger partial charge in [-0.25, -0.2) is 0 Å². The zero-order valence-electron chi connectivity index (χ0n) is 8.03. The van der Waals surface area contributed by atoms with Crippen LogP contribution in [0.5, 0.6) is 0 Å². The van der Waals surface area contributed by atoms with Crippen molar-refractivity contribution in [2.24, 2.45) is 0 Å². The molecular formula is C6H13NO. The monoisotopic (exact) mass is 118 g/mol. The van der Waals surface area contributed by atoms with E-state index >= 15 is 0 Å². The highest BCUT2D eigenvalue weighted by Crippen LogP contribution is 2.08. The summed E-state index contributed by atoms with van der Waals surface area (Å²) in [6.45, 7) is 1.22. The largest absolute Gasteiger partial charge is 0.373 e. The molecule has 2 heteroatoms. The zero-order chi connectivity index (χ0) is 8.54. The van der Waals surface area contributed by atoms with Gasteiger partial charge in [-0.05, 0) is 13.8 Å². The van der Waals surface area contributed by atoms with Crippen molar-refractivity contribution < 1.29 is 8.85 Å². The molecule has 0 saturated carbocycles. The second-order valence-electron chi connectivity index (χ2n) is 2.26. The number of morpholine rings is 1. The molecule has 0 radical (unpaired) electrons. The van der Waals surface area contributed by atoms with Gasteiger partial charge in [0.1, 0.15) is 0 Å². The number of hydrogen-bond donors (Lipinski definition) is 1. The summed E-state index contributed by atoms with van der Waals surface area (Å²) in [4.78, 5) is 0. The van der Waals surface area contributed by atoms with Crippen LogP contribution in [0.2, 0.25) is 0 Å². The van der Waals surface area contributed by atoms with Gasteiger partial charge < -0.3 is 10.1 Å². The van der Waals surface area contributed by atoms with Crippen LogP contribution in [0.3, 0.4) is 0 Å². The van der Waals surface area contributed by atoms with Crippen molar-refractivity contribution in [2.75, 3.05) is 19.7 Å². The van der Waals surface area contributed by atoms with Crippen molar-refractivity contribution in [1.82, 2.24) is 5.32 Å². The Morgan fingerprint density at radius 2 is 2.75 bits per heavy atom. The van der Waals surface area contributed by atoms with Crippen LogP contribution in [0, 0.1) is 0 Å². The molecule has 48 valence electrons. The summed E-state index contributed by atoms with van der Waals surface area (Å²) in [5, 5.41) is 3.00. The highest BCUT2D eigenvalue weighted by atomic mass is 16.5. The van der Waals surface area contributed by atoms with Gasteiger partial charge in [0.2, 0.25) is 0 Å². The normalized spacial score (nSPS) is 46.9. The third-order valence-corrected chi connectivity index (χ3v) is 1.16. The Bertz CT molecular complexity index is 139. The summed E-state index contributed by atoms with van der Waals surface area (Å²) in [7, 11) is 0. The molecule has 0 spiro atoms. The fourth-order valence-corrected chi connectivity index (χ4v) is 0.726. The molecular weight excluding hydrogens is 102 g/mol. The van der Waals surface area contributed by atoms with E-state index in [0.29, 0.717) is 13.2 Å². The number of ether oxygens (including phenoxy) is 1. The van der Waals surface area contributed by atoms with Crippen LogP contribution in [-0.2, 0) is 4.74 Å². The Hall–Kier alpha value is -0.0800. The minimum atomic E-state index is -2.03. The van der Waals surface area contributed by atoms with Gasteiger partial charge in [-0.15, -0.1) is 0 Å². The van der Waals surface area contributed by atoms with E-state index in [1.165, 1.54) is 0 Å². The van der Waals surface area contributed by atoms with Gasteiger partial charge in [-0.1, -0.05) is 0 Å². The van der Waals surface area contributed by atoms with Gasteiger partial charge in [0.05, 0.1) is 12.2 Å². The predicted molar refractivity (Wildman–Crippen MR) is 32.9 cm³/mol. The molecule has 1 unspecified atom stereocenters. The quantitative estimate of drug-likeness (QED) is 0.496. The molecule has 8 heavy (non-hydrogen) atoms. The maximum atomic E-state index is 7.19. The molecule has 1 atom stereocenters. The third kappa shape index (κ3) is 1.46. The van der Waals surface area contributed by atoms with Crippen LogP contribution >= 0.6 is 0 Å². The molecule has 2 nitrogen and oxygen atoms in total. The maximum absolute atomic E-state index is 7.19. The first-order valence-corrected chi connectivity index (χ1v) is 2.80. The number of nitrogens with one attached hydrogen (secondary N) is 1. The molecule has 0 aromatic rings. The van der Waals surface area contributed by atoms with Crippen molar-refractivity contribution in [2.45, 2.75) is 19.4 Å². The Kier molecular flexibility index (Phi) is 0.809. The Balaban J connectivity index is 2.64. The predicted octanol–water partition coefficient (Wildman–Crippen LogP) is 0.385. The second-order valence-corrected chi connectivity index (χ2v) is 2.26. The van der Waals surface area contributed by atoms with Crippen molar-refractivity contribution in [1.29, 1.82) is 0 Å². The first-order valence-electron chi connectivity index (χ1n) is 4.30. The minimum absolute atomic E-state index is 0.406. The van der Waals surface area contributed by atoms with Crippen LogP contribution in [0.25, 0.3) is 0 Å². The third-order valence-electron chi connectivity index (χ3n) is 1.16. The lowest BCUT2D eigenvalue weighted by Gasteiger charge is -2.30. The lowest BCUT2D eigenvalue weighted by molar-refractivity contribution is -0.0384. The standard InChI is InChI=1S/C6H13NO/c1-6(2)5-7-3-4-8-6/h7H,3-5H2,1-2H3/i1D3. The van der Waals surface area contributed by atoms with E-state index in [1.54, 1.807) is 6.92 Å². The van der Waals surface area contributed by atoms with E-state index in [9.17, 15) is 0 Å². The zero-order valence-corrected chi connectivity index (χ0v) is 5.03. The van der Waals surface area contributed by atoms with Crippen LogP contribution in [0.4, 0.5) is 0 Å². The summed E-state index contributed by atoms with van der Waals surface area (Å²) in [5.41, 5.74) is -0.995. The smallest absolute Gasteiger partial charge is 0.0750 e. The van der Waals surface area contributed by atoms with Gasteiger partial charge in [-0.2, -0.15) is 0 Å². The Labute approximate surface area is 54.4 Å². The summed E-state index contributed by atoms with van der Waals surface area (Å²) in [6.07, 6.45) is 0. The van der Waals surface area contributed by atoms with E-state index in [1.807, 2.05) is 0 Å².